The lowest BCUT2D eigenvalue weighted by molar-refractivity contribution is 0.263. The van der Waals surface area contributed by atoms with Crippen LogP contribution in [0.2, 0.25) is 5.02 Å². The number of pyridine rings is 1. The highest BCUT2D eigenvalue weighted by atomic mass is 35.5. The van der Waals surface area contributed by atoms with E-state index in [2.05, 4.69) is 21.5 Å². The monoisotopic (exact) mass is 325 g/mol. The van der Waals surface area contributed by atoms with Crippen molar-refractivity contribution >= 4 is 34.4 Å². The maximum Gasteiger partial charge on any atom is 0.160 e. The van der Waals surface area contributed by atoms with Crippen LogP contribution in [0.4, 0.5) is 0 Å². The van der Waals surface area contributed by atoms with E-state index in [9.17, 15) is 0 Å². The number of hydrogen-bond acceptors (Lipinski definition) is 2. The number of imidazole rings is 1. The van der Waals surface area contributed by atoms with E-state index < -0.39 is 0 Å². The summed E-state index contributed by atoms with van der Waals surface area (Å²) in [4.78, 5) is 9.10. The van der Waals surface area contributed by atoms with Crippen LogP contribution in [0.15, 0.2) is 12.3 Å². The average Bonchev–Trinajstić information content (AvgIpc) is 2.86. The molecule has 0 amide bonds. The van der Waals surface area contributed by atoms with E-state index in [-0.39, 0.29) is 0 Å². The predicted molar refractivity (Wildman–Crippen MR) is 88.0 cm³/mol. The van der Waals surface area contributed by atoms with E-state index in [4.69, 9.17) is 23.2 Å². The van der Waals surface area contributed by atoms with E-state index in [1.54, 1.807) is 6.20 Å². The number of halogens is 2. The van der Waals surface area contributed by atoms with E-state index >= 15 is 0 Å². The summed E-state index contributed by atoms with van der Waals surface area (Å²) in [5, 5.41) is 0.625. The number of hydrogen-bond donors (Lipinski definition) is 0. The van der Waals surface area contributed by atoms with Gasteiger partial charge in [0.1, 0.15) is 11.3 Å². The number of nitrogens with zero attached hydrogens (tertiary/aromatic N) is 3. The lowest BCUT2D eigenvalue weighted by Gasteiger charge is -2.30. The van der Waals surface area contributed by atoms with Gasteiger partial charge in [0.2, 0.25) is 0 Å². The van der Waals surface area contributed by atoms with Gasteiger partial charge in [-0.3, -0.25) is 0 Å². The van der Waals surface area contributed by atoms with Crippen LogP contribution in [0.5, 0.6) is 0 Å². The first-order valence-corrected chi connectivity index (χ1v) is 8.72. The largest absolute Gasteiger partial charge is 0.309 e. The van der Waals surface area contributed by atoms with E-state index in [0.717, 1.165) is 22.9 Å². The van der Waals surface area contributed by atoms with Gasteiger partial charge >= 0.3 is 0 Å². The number of fused-ring (bicyclic) bond motifs is 1. The highest BCUT2D eigenvalue weighted by Crippen LogP contribution is 2.37. The van der Waals surface area contributed by atoms with Gasteiger partial charge in [-0.15, -0.1) is 11.6 Å². The maximum absolute atomic E-state index is 6.10. The lowest BCUT2D eigenvalue weighted by atomic mass is 9.83. The van der Waals surface area contributed by atoms with E-state index in [0.29, 0.717) is 16.9 Å². The summed E-state index contributed by atoms with van der Waals surface area (Å²) in [5.41, 5.74) is 1.78. The second kappa shape index (κ2) is 6.53. The quantitative estimate of drug-likeness (QED) is 0.709. The van der Waals surface area contributed by atoms with Gasteiger partial charge in [0.05, 0.1) is 10.9 Å². The molecule has 3 rings (SSSR count). The van der Waals surface area contributed by atoms with Crippen LogP contribution in [-0.4, -0.2) is 14.5 Å². The second-order valence-electron chi connectivity index (χ2n) is 5.99. The van der Waals surface area contributed by atoms with E-state index in [1.807, 2.05) is 6.07 Å². The van der Waals surface area contributed by atoms with Crippen molar-refractivity contribution < 1.29 is 0 Å². The van der Waals surface area contributed by atoms with Gasteiger partial charge in [-0.25, -0.2) is 9.97 Å². The normalized spacial score (nSPS) is 22.8. The summed E-state index contributed by atoms with van der Waals surface area (Å²) in [6, 6.07) is 2.35. The Morgan fingerprint density at radius 3 is 2.71 bits per heavy atom. The van der Waals surface area contributed by atoms with Gasteiger partial charge in [0.25, 0.3) is 0 Å². The zero-order valence-electron chi connectivity index (χ0n) is 12.4. The topological polar surface area (TPSA) is 30.7 Å². The molecule has 0 spiro atoms. The van der Waals surface area contributed by atoms with Crippen LogP contribution < -0.4 is 0 Å². The van der Waals surface area contributed by atoms with Crippen LogP contribution in [0.1, 0.15) is 57.3 Å². The number of rotatable bonds is 4. The third-order valence-electron chi connectivity index (χ3n) is 4.57. The van der Waals surface area contributed by atoms with Gasteiger partial charge in [0, 0.05) is 12.2 Å². The zero-order chi connectivity index (χ0) is 14.8. The fourth-order valence-corrected chi connectivity index (χ4v) is 3.92. The van der Waals surface area contributed by atoms with Crippen molar-refractivity contribution in [2.45, 2.75) is 57.4 Å². The summed E-state index contributed by atoms with van der Waals surface area (Å²) in [5.74, 6) is 2.23. The molecule has 0 unspecified atom stereocenters. The minimum Gasteiger partial charge on any atom is -0.309 e. The van der Waals surface area contributed by atoms with Gasteiger partial charge in [-0.1, -0.05) is 31.4 Å². The second-order valence-corrected chi connectivity index (χ2v) is 6.69. The van der Waals surface area contributed by atoms with Gasteiger partial charge in [-0.05, 0) is 37.7 Å². The molecule has 1 saturated carbocycles. The number of aromatic nitrogens is 3. The molecule has 2 heterocycles. The maximum atomic E-state index is 6.10. The SMILES string of the molecule is CCCC1CCC(n2c(CCl)nc3cc(Cl)cnc32)CC1. The molecule has 0 aliphatic heterocycles. The van der Waals surface area contributed by atoms with E-state index in [1.165, 1.54) is 38.5 Å². The molecular weight excluding hydrogens is 305 g/mol. The Labute approximate surface area is 135 Å². The Kier molecular flexibility index (Phi) is 4.70. The minimum atomic E-state index is 0.420. The third kappa shape index (κ3) is 3.04. The smallest absolute Gasteiger partial charge is 0.160 e. The summed E-state index contributed by atoms with van der Waals surface area (Å²) < 4.78 is 2.25. The molecule has 0 bridgehead atoms. The molecule has 5 heteroatoms. The molecule has 2 aromatic heterocycles. The van der Waals surface area contributed by atoms with Crippen molar-refractivity contribution in [1.29, 1.82) is 0 Å². The Bertz CT molecular complexity index is 615. The minimum absolute atomic E-state index is 0.420. The first-order chi connectivity index (χ1) is 10.2. The van der Waals surface area contributed by atoms with Crippen LogP contribution >= 0.6 is 23.2 Å². The molecule has 2 aromatic rings. The Morgan fingerprint density at radius 1 is 1.29 bits per heavy atom. The Hall–Kier alpha value is -0.800. The van der Waals surface area contributed by atoms with Crippen LogP contribution in [0.25, 0.3) is 11.2 Å². The summed E-state index contributed by atoms with van der Waals surface area (Å²) in [6.07, 6.45) is 9.34. The predicted octanol–water partition coefficient (Wildman–Crippen LogP) is 5.35. The molecular formula is C16H21Cl2N3. The van der Waals surface area contributed by atoms with Gasteiger partial charge in [0.15, 0.2) is 5.65 Å². The van der Waals surface area contributed by atoms with Crippen LogP contribution in [0.3, 0.4) is 0 Å². The standard InChI is InChI=1S/C16H21Cl2N3/c1-2-3-11-4-6-13(7-5-11)21-15(9-17)20-14-8-12(18)10-19-16(14)21/h8,10-11,13H,2-7,9H2,1H3. The number of alkyl halides is 1. The molecule has 1 fully saturated rings. The fourth-order valence-electron chi connectivity index (χ4n) is 3.58. The molecule has 0 saturated heterocycles. The van der Waals surface area contributed by atoms with Crippen molar-refractivity contribution in [3.05, 3.63) is 23.1 Å². The molecule has 21 heavy (non-hydrogen) atoms. The molecule has 3 nitrogen and oxygen atoms in total. The molecule has 0 atom stereocenters. The summed E-state index contributed by atoms with van der Waals surface area (Å²) in [6.45, 7) is 2.27. The highest BCUT2D eigenvalue weighted by Gasteiger charge is 2.25. The first-order valence-electron chi connectivity index (χ1n) is 7.81. The van der Waals surface area contributed by atoms with Crippen LogP contribution in [0, 0.1) is 5.92 Å². The van der Waals surface area contributed by atoms with Gasteiger partial charge in [-0.2, -0.15) is 0 Å². The highest BCUT2D eigenvalue weighted by molar-refractivity contribution is 6.31. The van der Waals surface area contributed by atoms with Crippen molar-refractivity contribution in [1.82, 2.24) is 14.5 Å². The average molecular weight is 326 g/mol. The molecule has 0 radical (unpaired) electrons. The lowest BCUT2D eigenvalue weighted by Crippen LogP contribution is -2.19. The molecule has 1 aliphatic rings. The Balaban J connectivity index is 1.89. The van der Waals surface area contributed by atoms with Crippen molar-refractivity contribution in [3.63, 3.8) is 0 Å². The summed E-state index contributed by atoms with van der Waals surface area (Å²) >= 11 is 12.1. The molecule has 114 valence electrons. The summed E-state index contributed by atoms with van der Waals surface area (Å²) in [7, 11) is 0. The molecule has 0 N–H and O–H groups in total. The zero-order valence-corrected chi connectivity index (χ0v) is 13.9. The Morgan fingerprint density at radius 2 is 2.05 bits per heavy atom. The van der Waals surface area contributed by atoms with Crippen molar-refractivity contribution in [2.75, 3.05) is 0 Å². The first kappa shape index (κ1) is 15.1. The molecule has 1 aliphatic carbocycles. The van der Waals surface area contributed by atoms with Gasteiger partial charge < -0.3 is 4.57 Å². The third-order valence-corrected chi connectivity index (χ3v) is 5.01. The van der Waals surface area contributed by atoms with Crippen molar-refractivity contribution in [3.8, 4) is 0 Å². The van der Waals surface area contributed by atoms with Crippen LogP contribution in [-0.2, 0) is 5.88 Å². The fraction of sp³-hybridized carbons (Fsp3) is 0.625. The molecule has 0 aromatic carbocycles. The van der Waals surface area contributed by atoms with Crippen molar-refractivity contribution in [2.24, 2.45) is 5.92 Å².